The molecule has 1 aromatic carbocycles. The van der Waals surface area contributed by atoms with Gasteiger partial charge in [0.1, 0.15) is 11.4 Å². The van der Waals surface area contributed by atoms with Crippen LogP contribution in [-0.4, -0.2) is 28.6 Å². The second-order valence-corrected chi connectivity index (χ2v) is 6.02. The second-order valence-electron chi connectivity index (χ2n) is 6.02. The first-order valence-corrected chi connectivity index (χ1v) is 7.79. The zero-order valence-corrected chi connectivity index (χ0v) is 13.3. The summed E-state index contributed by atoms with van der Waals surface area (Å²) in [6.07, 6.45) is 1.79. The van der Waals surface area contributed by atoms with Crippen LogP contribution in [0.25, 0.3) is 0 Å². The van der Waals surface area contributed by atoms with Crippen LogP contribution in [0.3, 0.4) is 0 Å². The van der Waals surface area contributed by atoms with Crippen molar-refractivity contribution in [3.63, 3.8) is 0 Å². The summed E-state index contributed by atoms with van der Waals surface area (Å²) >= 11 is 0. The fourth-order valence-corrected chi connectivity index (χ4v) is 2.66. The molecule has 2 aromatic rings. The third kappa shape index (κ3) is 3.46. The number of hydrogen-bond acceptors (Lipinski definition) is 5. The van der Waals surface area contributed by atoms with Crippen molar-refractivity contribution in [3.05, 3.63) is 47.7 Å². The molecule has 1 unspecified atom stereocenters. The van der Waals surface area contributed by atoms with Gasteiger partial charge >= 0.3 is 11.8 Å². The van der Waals surface area contributed by atoms with Crippen molar-refractivity contribution in [2.24, 2.45) is 5.92 Å². The Balaban J connectivity index is 1.62. The van der Waals surface area contributed by atoms with E-state index >= 15 is 0 Å². The number of carbonyl (C=O) groups excluding carboxylic acids is 2. The van der Waals surface area contributed by atoms with Crippen LogP contribution in [0.4, 0.5) is 5.82 Å². The molecule has 7 nitrogen and oxygen atoms in total. The van der Waals surface area contributed by atoms with Crippen molar-refractivity contribution in [3.8, 4) is 0 Å². The van der Waals surface area contributed by atoms with Crippen LogP contribution in [0.2, 0.25) is 0 Å². The van der Waals surface area contributed by atoms with Crippen molar-refractivity contribution >= 4 is 17.6 Å². The van der Waals surface area contributed by atoms with E-state index in [0.29, 0.717) is 5.76 Å². The number of aryl methyl sites for hydroxylation is 1. The summed E-state index contributed by atoms with van der Waals surface area (Å²) in [5.41, 5.74) is -0.429. The standard InChI is InChI=1S/C17H19N3O4/c1-11-9-14(20-24-11)19-16(22)15(21)18-10-17(23,13-7-8-13)12-5-3-2-4-6-12/h2-6,9,13,23H,7-8,10H2,1H3,(H,18,21)(H,19,20,22). The molecule has 1 heterocycles. The molecule has 0 bridgehead atoms. The highest BCUT2D eigenvalue weighted by molar-refractivity contribution is 6.39. The predicted molar refractivity (Wildman–Crippen MR) is 85.9 cm³/mol. The third-order valence-electron chi connectivity index (χ3n) is 4.12. The predicted octanol–water partition coefficient (Wildman–Crippen LogP) is 1.34. The minimum atomic E-state index is -1.17. The topological polar surface area (TPSA) is 104 Å². The number of amides is 2. The number of benzene rings is 1. The van der Waals surface area contributed by atoms with Gasteiger partial charge in [0.2, 0.25) is 0 Å². The van der Waals surface area contributed by atoms with Crippen molar-refractivity contribution in [2.45, 2.75) is 25.4 Å². The molecule has 1 aliphatic rings. The number of rotatable bonds is 5. The summed E-state index contributed by atoms with van der Waals surface area (Å²) in [7, 11) is 0. The number of nitrogens with one attached hydrogen (secondary N) is 2. The fourth-order valence-electron chi connectivity index (χ4n) is 2.66. The normalized spacial score (nSPS) is 16.2. The van der Waals surface area contributed by atoms with Crippen LogP contribution in [-0.2, 0) is 15.2 Å². The van der Waals surface area contributed by atoms with E-state index in [2.05, 4.69) is 15.8 Å². The molecular formula is C17H19N3O4. The van der Waals surface area contributed by atoms with Crippen LogP contribution >= 0.6 is 0 Å². The SMILES string of the molecule is Cc1cc(NC(=O)C(=O)NCC(O)(c2ccccc2)C2CC2)no1. The molecule has 1 saturated carbocycles. The molecule has 1 aromatic heterocycles. The molecule has 1 aliphatic carbocycles. The Morgan fingerprint density at radius 3 is 2.58 bits per heavy atom. The number of nitrogens with zero attached hydrogens (tertiary/aromatic N) is 1. The summed E-state index contributed by atoms with van der Waals surface area (Å²) in [6.45, 7) is 1.66. The van der Waals surface area contributed by atoms with Gasteiger partial charge in [-0.3, -0.25) is 14.9 Å². The van der Waals surface area contributed by atoms with Gasteiger partial charge in [-0.25, -0.2) is 0 Å². The first-order chi connectivity index (χ1) is 11.5. The quantitative estimate of drug-likeness (QED) is 0.718. The number of aromatic nitrogens is 1. The lowest BCUT2D eigenvalue weighted by Gasteiger charge is -2.29. The Kier molecular flexibility index (Phi) is 4.35. The maximum Gasteiger partial charge on any atom is 0.314 e. The van der Waals surface area contributed by atoms with Crippen molar-refractivity contribution in [1.29, 1.82) is 0 Å². The fraction of sp³-hybridized carbons (Fsp3) is 0.353. The highest BCUT2D eigenvalue weighted by Gasteiger charge is 2.45. The van der Waals surface area contributed by atoms with Crippen LogP contribution in [0.15, 0.2) is 40.9 Å². The van der Waals surface area contributed by atoms with E-state index in [0.717, 1.165) is 18.4 Å². The molecule has 2 amide bonds. The average molecular weight is 329 g/mol. The van der Waals surface area contributed by atoms with Gasteiger partial charge in [0, 0.05) is 6.07 Å². The van der Waals surface area contributed by atoms with Crippen LogP contribution in [0.5, 0.6) is 0 Å². The Morgan fingerprint density at radius 2 is 2.00 bits per heavy atom. The van der Waals surface area contributed by atoms with E-state index in [-0.39, 0.29) is 18.3 Å². The van der Waals surface area contributed by atoms with E-state index in [1.807, 2.05) is 30.3 Å². The summed E-state index contributed by atoms with van der Waals surface area (Å²) in [6, 6.07) is 10.7. The van der Waals surface area contributed by atoms with Crippen LogP contribution in [0, 0.1) is 12.8 Å². The minimum absolute atomic E-state index is 0.0220. The van der Waals surface area contributed by atoms with Gasteiger partial charge < -0.3 is 14.9 Å². The molecule has 3 N–H and O–H groups in total. The lowest BCUT2D eigenvalue weighted by molar-refractivity contribution is -0.137. The smallest absolute Gasteiger partial charge is 0.314 e. The Morgan fingerprint density at radius 1 is 1.29 bits per heavy atom. The van der Waals surface area contributed by atoms with Crippen LogP contribution in [0.1, 0.15) is 24.2 Å². The first kappa shape index (κ1) is 16.2. The van der Waals surface area contributed by atoms with E-state index in [1.54, 1.807) is 6.92 Å². The van der Waals surface area contributed by atoms with Crippen LogP contribution < -0.4 is 10.6 Å². The highest BCUT2D eigenvalue weighted by Crippen LogP contribution is 2.45. The Hall–Kier alpha value is -2.67. The lowest BCUT2D eigenvalue weighted by Crippen LogP contribution is -2.45. The Bertz CT molecular complexity index is 739. The van der Waals surface area contributed by atoms with Gasteiger partial charge in [-0.2, -0.15) is 0 Å². The van der Waals surface area contributed by atoms with Crippen molar-refractivity contribution in [2.75, 3.05) is 11.9 Å². The zero-order valence-electron chi connectivity index (χ0n) is 13.3. The number of hydrogen-bond donors (Lipinski definition) is 3. The zero-order chi connectivity index (χ0) is 17.2. The lowest BCUT2D eigenvalue weighted by atomic mass is 9.88. The molecule has 1 fully saturated rings. The molecule has 7 heteroatoms. The van der Waals surface area contributed by atoms with Crippen molar-refractivity contribution in [1.82, 2.24) is 10.5 Å². The molecule has 3 rings (SSSR count). The maximum absolute atomic E-state index is 12.0. The molecule has 0 aliphatic heterocycles. The molecule has 126 valence electrons. The molecule has 24 heavy (non-hydrogen) atoms. The first-order valence-electron chi connectivity index (χ1n) is 7.79. The third-order valence-corrected chi connectivity index (χ3v) is 4.12. The average Bonchev–Trinajstić information content (AvgIpc) is 3.37. The molecule has 0 radical (unpaired) electrons. The molecule has 1 atom stereocenters. The largest absolute Gasteiger partial charge is 0.383 e. The monoisotopic (exact) mass is 329 g/mol. The maximum atomic E-state index is 12.0. The van der Waals surface area contributed by atoms with E-state index in [1.165, 1.54) is 6.07 Å². The summed E-state index contributed by atoms with van der Waals surface area (Å²) in [4.78, 5) is 23.9. The van der Waals surface area contributed by atoms with Gasteiger partial charge in [0.25, 0.3) is 0 Å². The number of aliphatic hydroxyl groups is 1. The molecular weight excluding hydrogens is 310 g/mol. The second kappa shape index (κ2) is 6.45. The van der Waals surface area contributed by atoms with E-state index in [4.69, 9.17) is 4.52 Å². The summed E-state index contributed by atoms with van der Waals surface area (Å²) in [5.74, 6) is -0.896. The molecule has 0 spiro atoms. The molecule has 0 saturated heterocycles. The van der Waals surface area contributed by atoms with E-state index < -0.39 is 17.4 Å². The highest BCUT2D eigenvalue weighted by atomic mass is 16.5. The summed E-state index contributed by atoms with van der Waals surface area (Å²) < 4.78 is 4.82. The number of carbonyl (C=O) groups is 2. The number of anilines is 1. The van der Waals surface area contributed by atoms with Crippen molar-refractivity contribution < 1.29 is 19.2 Å². The van der Waals surface area contributed by atoms with E-state index in [9.17, 15) is 14.7 Å². The van der Waals surface area contributed by atoms with Gasteiger partial charge in [-0.05, 0) is 31.2 Å². The summed E-state index contributed by atoms with van der Waals surface area (Å²) in [5, 5.41) is 19.4. The van der Waals surface area contributed by atoms with Gasteiger partial charge in [-0.1, -0.05) is 35.5 Å². The Labute approximate surface area is 139 Å². The van der Waals surface area contributed by atoms with Gasteiger partial charge in [0.05, 0.1) is 6.54 Å². The van der Waals surface area contributed by atoms with Gasteiger partial charge in [0.15, 0.2) is 5.82 Å². The minimum Gasteiger partial charge on any atom is -0.383 e. The van der Waals surface area contributed by atoms with Gasteiger partial charge in [-0.15, -0.1) is 0 Å².